The molecule has 5 nitrogen and oxygen atoms in total. The maximum Gasteiger partial charge on any atom is 0.238 e. The van der Waals surface area contributed by atoms with Crippen LogP contribution in [0.1, 0.15) is 11.3 Å². The Balaban J connectivity index is 2.13. The Hall–Kier alpha value is -2.08. The molecular formula is C13H11BrN4O. The number of benzene rings is 1. The molecule has 0 atom stereocenters. The average Bonchev–Trinajstić information content (AvgIpc) is 2.86. The maximum atomic E-state index is 9.76. The summed E-state index contributed by atoms with van der Waals surface area (Å²) in [6, 6.07) is 5.87. The van der Waals surface area contributed by atoms with E-state index in [0.717, 1.165) is 21.3 Å². The number of imidazole rings is 1. The maximum absolute atomic E-state index is 9.76. The molecule has 1 aromatic heterocycles. The fourth-order valence-electron chi connectivity index (χ4n) is 2.00. The number of nitrogens with zero attached hydrogens (tertiary/aromatic N) is 3. The molecule has 0 bridgehead atoms. The quantitative estimate of drug-likeness (QED) is 0.848. The van der Waals surface area contributed by atoms with Crippen LogP contribution >= 0.6 is 15.9 Å². The van der Waals surface area contributed by atoms with E-state index in [0.29, 0.717) is 5.69 Å². The lowest BCUT2D eigenvalue weighted by atomic mass is 10.1. The number of rotatable bonds is 1. The summed E-state index contributed by atoms with van der Waals surface area (Å²) in [5.74, 6) is 0.193. The van der Waals surface area contributed by atoms with E-state index in [-0.39, 0.29) is 11.8 Å². The first kappa shape index (κ1) is 12.0. The van der Waals surface area contributed by atoms with Crippen molar-refractivity contribution in [3.05, 3.63) is 33.9 Å². The van der Waals surface area contributed by atoms with Crippen LogP contribution < -0.4 is 5.73 Å². The summed E-state index contributed by atoms with van der Waals surface area (Å²) >= 11 is 3.44. The molecule has 1 aromatic carbocycles. The second-order valence-electron chi connectivity index (χ2n) is 4.26. The normalized spacial score (nSPS) is 15.2. The molecule has 0 fully saturated rings. The highest BCUT2D eigenvalue weighted by Gasteiger charge is 2.16. The molecule has 3 rings (SSSR count). The van der Waals surface area contributed by atoms with Gasteiger partial charge in [0.1, 0.15) is 5.69 Å². The zero-order valence-corrected chi connectivity index (χ0v) is 11.7. The van der Waals surface area contributed by atoms with Crippen LogP contribution in [0, 0.1) is 0 Å². The number of hydrogen-bond acceptors (Lipinski definition) is 4. The van der Waals surface area contributed by atoms with Crippen LogP contribution in [-0.4, -0.2) is 20.9 Å². The predicted octanol–water partition coefficient (Wildman–Crippen LogP) is 2.73. The lowest BCUT2D eigenvalue weighted by Crippen LogP contribution is -1.98. The molecule has 0 aliphatic carbocycles. The summed E-state index contributed by atoms with van der Waals surface area (Å²) in [5.41, 5.74) is 9.04. The van der Waals surface area contributed by atoms with Gasteiger partial charge in [0, 0.05) is 28.9 Å². The number of allylic oxidation sites excluding steroid dienone is 1. The summed E-state index contributed by atoms with van der Waals surface area (Å²) in [4.78, 5) is 8.15. The van der Waals surface area contributed by atoms with Gasteiger partial charge in [-0.05, 0) is 24.3 Å². The summed E-state index contributed by atoms with van der Waals surface area (Å²) in [6.45, 7) is 0. The Bertz CT molecular complexity index is 730. The van der Waals surface area contributed by atoms with Crippen LogP contribution in [0.5, 0.6) is 5.88 Å². The molecule has 1 aliphatic rings. The molecule has 1 aliphatic heterocycles. The molecule has 0 saturated heterocycles. The molecule has 96 valence electrons. The number of aromatic nitrogens is 2. The van der Waals surface area contributed by atoms with Crippen molar-refractivity contribution in [1.82, 2.24) is 9.55 Å². The van der Waals surface area contributed by atoms with Crippen molar-refractivity contribution in [2.45, 2.75) is 0 Å². The Morgan fingerprint density at radius 1 is 1.42 bits per heavy atom. The summed E-state index contributed by atoms with van der Waals surface area (Å²) < 4.78 is 2.61. The van der Waals surface area contributed by atoms with Gasteiger partial charge in [-0.25, -0.2) is 0 Å². The zero-order chi connectivity index (χ0) is 13.6. The molecule has 19 heavy (non-hydrogen) atoms. The molecule has 0 saturated carbocycles. The first-order chi connectivity index (χ1) is 9.06. The first-order valence-corrected chi connectivity index (χ1v) is 6.42. The minimum absolute atomic E-state index is 0.0793. The van der Waals surface area contributed by atoms with Crippen LogP contribution in [-0.2, 0) is 7.05 Å². The van der Waals surface area contributed by atoms with E-state index in [1.54, 1.807) is 17.8 Å². The van der Waals surface area contributed by atoms with Crippen LogP contribution in [0.2, 0.25) is 0 Å². The van der Waals surface area contributed by atoms with Crippen molar-refractivity contribution in [3.8, 4) is 5.88 Å². The molecule has 3 N–H and O–H groups in total. The number of aliphatic imine (C=N–C) groups is 1. The van der Waals surface area contributed by atoms with Crippen molar-refractivity contribution in [1.29, 1.82) is 0 Å². The first-order valence-electron chi connectivity index (χ1n) is 5.63. The highest BCUT2D eigenvalue weighted by Crippen LogP contribution is 2.35. The average molecular weight is 319 g/mol. The van der Waals surface area contributed by atoms with Crippen LogP contribution in [0.3, 0.4) is 0 Å². The zero-order valence-electron chi connectivity index (χ0n) is 10.1. The van der Waals surface area contributed by atoms with E-state index in [1.165, 1.54) is 0 Å². The van der Waals surface area contributed by atoms with E-state index in [4.69, 9.17) is 5.73 Å². The van der Waals surface area contributed by atoms with Crippen molar-refractivity contribution in [2.24, 2.45) is 12.0 Å². The van der Waals surface area contributed by atoms with Crippen molar-refractivity contribution >= 4 is 45.4 Å². The third kappa shape index (κ3) is 1.94. The smallest absolute Gasteiger partial charge is 0.238 e. The van der Waals surface area contributed by atoms with Gasteiger partial charge in [0.2, 0.25) is 11.8 Å². The van der Waals surface area contributed by atoms with E-state index in [2.05, 4.69) is 25.9 Å². The highest BCUT2D eigenvalue weighted by atomic mass is 79.9. The van der Waals surface area contributed by atoms with Crippen molar-refractivity contribution < 1.29 is 5.11 Å². The number of anilines is 1. The van der Waals surface area contributed by atoms with Gasteiger partial charge >= 0.3 is 0 Å². The van der Waals surface area contributed by atoms with Gasteiger partial charge < -0.3 is 15.4 Å². The minimum Gasteiger partial charge on any atom is -0.492 e. The molecule has 0 radical (unpaired) electrons. The largest absolute Gasteiger partial charge is 0.492 e. The predicted molar refractivity (Wildman–Crippen MR) is 79.5 cm³/mol. The summed E-state index contributed by atoms with van der Waals surface area (Å²) in [7, 11) is 1.75. The van der Waals surface area contributed by atoms with Crippen molar-refractivity contribution in [2.75, 3.05) is 5.73 Å². The summed E-state index contributed by atoms with van der Waals surface area (Å²) in [5, 5.41) is 9.76. The Morgan fingerprint density at radius 3 is 2.89 bits per heavy atom. The van der Waals surface area contributed by atoms with Gasteiger partial charge in [0.05, 0.1) is 5.69 Å². The van der Waals surface area contributed by atoms with Gasteiger partial charge in [-0.2, -0.15) is 4.98 Å². The van der Waals surface area contributed by atoms with Gasteiger partial charge in [-0.15, -0.1) is 0 Å². The molecule has 0 unspecified atom stereocenters. The van der Waals surface area contributed by atoms with Crippen LogP contribution in [0.15, 0.2) is 27.7 Å². The van der Waals surface area contributed by atoms with E-state index in [1.807, 2.05) is 24.3 Å². The second kappa shape index (κ2) is 4.24. The highest BCUT2D eigenvalue weighted by molar-refractivity contribution is 9.10. The van der Waals surface area contributed by atoms with E-state index < -0.39 is 0 Å². The molecule has 2 aromatic rings. The lowest BCUT2D eigenvalue weighted by Gasteiger charge is -2.02. The monoisotopic (exact) mass is 318 g/mol. The SMILES string of the molecule is Cn1c(N)nc(O)c1/C=C1\C=Nc2ccc(Br)cc21. The number of halogens is 1. The Morgan fingerprint density at radius 2 is 2.21 bits per heavy atom. The fraction of sp³-hybridized carbons (Fsp3) is 0.0769. The van der Waals surface area contributed by atoms with Crippen LogP contribution in [0.4, 0.5) is 11.6 Å². The van der Waals surface area contributed by atoms with Crippen molar-refractivity contribution in [3.63, 3.8) is 0 Å². The van der Waals surface area contributed by atoms with Gasteiger partial charge in [0.15, 0.2) is 0 Å². The fourth-order valence-corrected chi connectivity index (χ4v) is 2.36. The van der Waals surface area contributed by atoms with E-state index in [9.17, 15) is 5.11 Å². The number of nitrogen functional groups attached to an aromatic ring is 1. The third-order valence-electron chi connectivity index (χ3n) is 3.06. The number of fused-ring (bicyclic) bond motifs is 1. The lowest BCUT2D eigenvalue weighted by molar-refractivity contribution is 0.455. The number of aromatic hydroxyl groups is 1. The summed E-state index contributed by atoms with van der Waals surface area (Å²) in [6.07, 6.45) is 3.58. The molecule has 0 amide bonds. The van der Waals surface area contributed by atoms with Gasteiger partial charge in [-0.1, -0.05) is 15.9 Å². The topological polar surface area (TPSA) is 76.4 Å². The molecule has 0 spiro atoms. The Kier molecular flexibility index (Phi) is 2.67. The van der Waals surface area contributed by atoms with Gasteiger partial charge in [-0.3, -0.25) is 4.99 Å². The molecular weight excluding hydrogens is 308 g/mol. The molecule has 6 heteroatoms. The van der Waals surface area contributed by atoms with E-state index >= 15 is 0 Å². The Labute approximate surface area is 118 Å². The van der Waals surface area contributed by atoms with Crippen LogP contribution in [0.25, 0.3) is 11.6 Å². The number of hydrogen-bond donors (Lipinski definition) is 2. The third-order valence-corrected chi connectivity index (χ3v) is 3.55. The minimum atomic E-state index is -0.0793. The molecule has 2 heterocycles. The standard InChI is InChI=1S/C13H11BrN4O/c1-18-11(12(19)17-13(18)15)4-7-6-16-10-3-2-8(14)5-9(7)10/h2-6,19H,1H3,(H2,15,17)/b7-4+. The number of nitrogens with two attached hydrogens (primary N) is 1. The van der Waals surface area contributed by atoms with Gasteiger partial charge in [0.25, 0.3) is 0 Å². The second-order valence-corrected chi connectivity index (χ2v) is 5.17.